The molecule has 1 amide bonds. The van der Waals surface area contributed by atoms with Crippen LogP contribution in [0.3, 0.4) is 0 Å². The molecule has 5 heteroatoms. The summed E-state index contributed by atoms with van der Waals surface area (Å²) in [6.45, 7) is 1.88. The minimum absolute atomic E-state index is 0.247. The standard InChI is InChI=1S/C14H20N2O3/c1-2-4-12(14(18)19)16-13(17)8-7-10-5-3-6-11(15)9-10/h3,5-6,9,12H,2,4,7-8,15H2,1H3,(H,16,17)(H,18,19)/t12-/m0/s1. The maximum Gasteiger partial charge on any atom is 0.326 e. The summed E-state index contributed by atoms with van der Waals surface area (Å²) < 4.78 is 0. The molecule has 4 N–H and O–H groups in total. The van der Waals surface area contributed by atoms with E-state index < -0.39 is 12.0 Å². The number of benzene rings is 1. The van der Waals surface area contributed by atoms with Crippen LogP contribution in [0.4, 0.5) is 5.69 Å². The van der Waals surface area contributed by atoms with Crippen LogP contribution in [0, 0.1) is 0 Å². The molecule has 0 aliphatic rings. The van der Waals surface area contributed by atoms with Crippen molar-refractivity contribution in [2.24, 2.45) is 0 Å². The second kappa shape index (κ2) is 7.41. The first-order valence-corrected chi connectivity index (χ1v) is 6.39. The van der Waals surface area contributed by atoms with Gasteiger partial charge in [0.2, 0.25) is 5.91 Å². The highest BCUT2D eigenvalue weighted by Gasteiger charge is 2.18. The summed E-state index contributed by atoms with van der Waals surface area (Å²) >= 11 is 0. The van der Waals surface area contributed by atoms with Gasteiger partial charge in [0.25, 0.3) is 0 Å². The first-order valence-electron chi connectivity index (χ1n) is 6.39. The zero-order valence-electron chi connectivity index (χ0n) is 11.1. The Hall–Kier alpha value is -2.04. The van der Waals surface area contributed by atoms with Crippen molar-refractivity contribution in [3.63, 3.8) is 0 Å². The van der Waals surface area contributed by atoms with E-state index in [-0.39, 0.29) is 12.3 Å². The highest BCUT2D eigenvalue weighted by atomic mass is 16.4. The van der Waals surface area contributed by atoms with Gasteiger partial charge >= 0.3 is 5.97 Å². The van der Waals surface area contributed by atoms with Crippen molar-refractivity contribution in [1.82, 2.24) is 5.32 Å². The molecule has 1 rings (SSSR count). The summed E-state index contributed by atoms with van der Waals surface area (Å²) in [5.74, 6) is -1.23. The number of carboxylic acid groups (broad SMARTS) is 1. The van der Waals surface area contributed by atoms with Gasteiger partial charge in [0, 0.05) is 12.1 Å². The number of hydrogen-bond acceptors (Lipinski definition) is 3. The largest absolute Gasteiger partial charge is 0.480 e. The summed E-state index contributed by atoms with van der Waals surface area (Å²) in [7, 11) is 0. The summed E-state index contributed by atoms with van der Waals surface area (Å²) in [4.78, 5) is 22.6. The molecular weight excluding hydrogens is 244 g/mol. The fourth-order valence-electron chi connectivity index (χ4n) is 1.82. The van der Waals surface area contributed by atoms with Crippen LogP contribution in [0.25, 0.3) is 0 Å². The van der Waals surface area contributed by atoms with Crippen LogP contribution in [0.15, 0.2) is 24.3 Å². The quantitative estimate of drug-likeness (QED) is 0.652. The molecule has 1 atom stereocenters. The van der Waals surface area contributed by atoms with Gasteiger partial charge < -0.3 is 16.2 Å². The lowest BCUT2D eigenvalue weighted by Gasteiger charge is -2.13. The second-order valence-electron chi connectivity index (χ2n) is 4.49. The van der Waals surface area contributed by atoms with E-state index in [1.165, 1.54) is 0 Å². The molecule has 0 saturated heterocycles. The second-order valence-corrected chi connectivity index (χ2v) is 4.49. The SMILES string of the molecule is CCC[C@H](NC(=O)CCc1cccc(N)c1)C(=O)O. The average Bonchev–Trinajstić information content (AvgIpc) is 2.36. The van der Waals surface area contributed by atoms with Crippen molar-refractivity contribution in [3.8, 4) is 0 Å². The van der Waals surface area contributed by atoms with Crippen LogP contribution in [-0.2, 0) is 16.0 Å². The molecule has 0 radical (unpaired) electrons. The summed E-state index contributed by atoms with van der Waals surface area (Å²) in [6, 6.07) is 6.53. The molecule has 1 aromatic rings. The molecule has 0 spiro atoms. The third-order valence-corrected chi connectivity index (χ3v) is 2.80. The Kier molecular flexibility index (Phi) is 5.85. The van der Waals surface area contributed by atoms with E-state index in [0.29, 0.717) is 24.9 Å². The first-order chi connectivity index (χ1) is 9.02. The van der Waals surface area contributed by atoms with Gasteiger partial charge in [-0.3, -0.25) is 4.79 Å². The number of hydrogen-bond donors (Lipinski definition) is 3. The molecule has 0 heterocycles. The van der Waals surface area contributed by atoms with Crippen LogP contribution >= 0.6 is 0 Å². The summed E-state index contributed by atoms with van der Waals surface area (Å²) in [5, 5.41) is 11.5. The van der Waals surface area contributed by atoms with E-state index in [0.717, 1.165) is 5.56 Å². The number of nitrogens with one attached hydrogen (secondary N) is 1. The molecule has 0 aliphatic heterocycles. The number of anilines is 1. The van der Waals surface area contributed by atoms with E-state index in [2.05, 4.69) is 5.32 Å². The Morgan fingerprint density at radius 3 is 2.74 bits per heavy atom. The first kappa shape index (κ1) is 15.0. The highest BCUT2D eigenvalue weighted by Crippen LogP contribution is 2.09. The van der Waals surface area contributed by atoms with Crippen molar-refractivity contribution in [2.45, 2.75) is 38.6 Å². The minimum Gasteiger partial charge on any atom is -0.480 e. The maximum atomic E-state index is 11.7. The maximum absolute atomic E-state index is 11.7. The Balaban J connectivity index is 2.44. The van der Waals surface area contributed by atoms with Gasteiger partial charge in [-0.05, 0) is 30.5 Å². The predicted octanol–water partition coefficient (Wildman–Crippen LogP) is 1.57. The molecular formula is C14H20N2O3. The van der Waals surface area contributed by atoms with Crippen molar-refractivity contribution in [1.29, 1.82) is 0 Å². The fraction of sp³-hybridized carbons (Fsp3) is 0.429. The van der Waals surface area contributed by atoms with Gasteiger partial charge in [-0.1, -0.05) is 25.5 Å². The number of nitrogen functional groups attached to an aromatic ring is 1. The molecule has 0 unspecified atom stereocenters. The molecule has 1 aromatic carbocycles. The Bertz CT molecular complexity index is 446. The highest BCUT2D eigenvalue weighted by molar-refractivity contribution is 5.83. The molecule has 19 heavy (non-hydrogen) atoms. The number of carbonyl (C=O) groups is 2. The smallest absolute Gasteiger partial charge is 0.326 e. The van der Waals surface area contributed by atoms with E-state index in [1.807, 2.05) is 25.1 Å². The van der Waals surface area contributed by atoms with Gasteiger partial charge in [0.05, 0.1) is 0 Å². The summed E-state index contributed by atoms with van der Waals surface area (Å²) in [5.41, 5.74) is 7.28. The van der Waals surface area contributed by atoms with Crippen LogP contribution in [-0.4, -0.2) is 23.0 Å². The van der Waals surface area contributed by atoms with Crippen LogP contribution in [0.2, 0.25) is 0 Å². The number of aliphatic carboxylic acids is 1. The number of carboxylic acids is 1. The lowest BCUT2D eigenvalue weighted by atomic mass is 10.1. The Labute approximate surface area is 112 Å². The third kappa shape index (κ3) is 5.42. The molecule has 0 aliphatic carbocycles. The van der Waals surface area contributed by atoms with Gasteiger partial charge in [0.1, 0.15) is 6.04 Å². The molecule has 0 bridgehead atoms. The molecule has 0 saturated carbocycles. The molecule has 0 fully saturated rings. The lowest BCUT2D eigenvalue weighted by molar-refractivity contribution is -0.142. The normalized spacial score (nSPS) is 11.8. The zero-order chi connectivity index (χ0) is 14.3. The number of nitrogens with two attached hydrogens (primary N) is 1. The fourth-order valence-corrected chi connectivity index (χ4v) is 1.82. The molecule has 5 nitrogen and oxygen atoms in total. The van der Waals surface area contributed by atoms with Crippen LogP contribution in [0.5, 0.6) is 0 Å². The topological polar surface area (TPSA) is 92.4 Å². The Morgan fingerprint density at radius 1 is 1.42 bits per heavy atom. The van der Waals surface area contributed by atoms with Gasteiger partial charge in [-0.2, -0.15) is 0 Å². The number of rotatable bonds is 7. The number of amides is 1. The summed E-state index contributed by atoms with van der Waals surface area (Å²) in [6.07, 6.45) is 1.97. The minimum atomic E-state index is -0.987. The van der Waals surface area contributed by atoms with Crippen molar-refractivity contribution in [3.05, 3.63) is 29.8 Å². The average molecular weight is 264 g/mol. The van der Waals surface area contributed by atoms with Gasteiger partial charge in [-0.25, -0.2) is 4.79 Å². The van der Waals surface area contributed by atoms with E-state index >= 15 is 0 Å². The van der Waals surface area contributed by atoms with Crippen molar-refractivity contribution < 1.29 is 14.7 Å². The van der Waals surface area contributed by atoms with Crippen molar-refractivity contribution in [2.75, 3.05) is 5.73 Å². The number of aryl methyl sites for hydroxylation is 1. The van der Waals surface area contributed by atoms with E-state index in [4.69, 9.17) is 10.8 Å². The molecule has 104 valence electrons. The Morgan fingerprint density at radius 2 is 2.16 bits per heavy atom. The van der Waals surface area contributed by atoms with Crippen LogP contribution < -0.4 is 11.1 Å². The van der Waals surface area contributed by atoms with E-state index in [9.17, 15) is 9.59 Å². The van der Waals surface area contributed by atoms with E-state index in [1.54, 1.807) is 6.07 Å². The van der Waals surface area contributed by atoms with Crippen LogP contribution in [0.1, 0.15) is 31.7 Å². The lowest BCUT2D eigenvalue weighted by Crippen LogP contribution is -2.40. The number of carbonyl (C=O) groups excluding carboxylic acids is 1. The third-order valence-electron chi connectivity index (χ3n) is 2.80. The predicted molar refractivity (Wildman–Crippen MR) is 73.6 cm³/mol. The van der Waals surface area contributed by atoms with Crippen molar-refractivity contribution >= 4 is 17.6 Å². The van der Waals surface area contributed by atoms with Gasteiger partial charge in [-0.15, -0.1) is 0 Å². The molecule has 0 aromatic heterocycles. The van der Waals surface area contributed by atoms with Gasteiger partial charge in [0.15, 0.2) is 0 Å². The monoisotopic (exact) mass is 264 g/mol. The zero-order valence-corrected chi connectivity index (χ0v) is 11.1.